The highest BCUT2D eigenvalue weighted by atomic mass is 16.5. The Bertz CT molecular complexity index is 1090. The van der Waals surface area contributed by atoms with Crippen LogP contribution < -0.4 is 14.8 Å². The molecule has 0 unspecified atom stereocenters. The second kappa shape index (κ2) is 7.35. The van der Waals surface area contributed by atoms with E-state index in [1.54, 1.807) is 26.5 Å². The zero-order valence-electron chi connectivity index (χ0n) is 16.0. The fraction of sp³-hybridized carbons (Fsp3) is 0.182. The molecule has 148 valence electrons. The van der Waals surface area contributed by atoms with Gasteiger partial charge in [0, 0.05) is 29.8 Å². The average molecular weight is 392 g/mol. The van der Waals surface area contributed by atoms with Crippen LogP contribution in [0.25, 0.3) is 5.69 Å². The first kappa shape index (κ1) is 18.6. The number of aromatic nitrogens is 1. The van der Waals surface area contributed by atoms with Gasteiger partial charge in [-0.05, 0) is 18.2 Å². The molecule has 3 aromatic rings. The fourth-order valence-corrected chi connectivity index (χ4v) is 3.88. The van der Waals surface area contributed by atoms with Crippen LogP contribution >= 0.6 is 0 Å². The van der Waals surface area contributed by atoms with Crippen LogP contribution in [-0.2, 0) is 4.79 Å². The maximum Gasteiger partial charge on any atom is 0.339 e. The van der Waals surface area contributed by atoms with E-state index in [2.05, 4.69) is 5.32 Å². The largest absolute Gasteiger partial charge is 0.493 e. The minimum Gasteiger partial charge on any atom is -0.493 e. The molecule has 1 aliphatic heterocycles. The zero-order valence-corrected chi connectivity index (χ0v) is 16.0. The molecule has 0 saturated heterocycles. The molecule has 2 aromatic carbocycles. The lowest BCUT2D eigenvalue weighted by Gasteiger charge is -2.27. The van der Waals surface area contributed by atoms with Crippen molar-refractivity contribution in [3.8, 4) is 17.2 Å². The first-order chi connectivity index (χ1) is 14.0. The quantitative estimate of drug-likeness (QED) is 0.692. The van der Waals surface area contributed by atoms with E-state index in [0.717, 1.165) is 11.3 Å². The molecular weight excluding hydrogens is 372 g/mol. The van der Waals surface area contributed by atoms with Crippen molar-refractivity contribution in [1.82, 2.24) is 4.57 Å². The van der Waals surface area contributed by atoms with E-state index in [9.17, 15) is 14.7 Å². The molecule has 0 radical (unpaired) electrons. The summed E-state index contributed by atoms with van der Waals surface area (Å²) in [7, 11) is 3.10. The van der Waals surface area contributed by atoms with Crippen LogP contribution in [0.5, 0.6) is 11.5 Å². The van der Waals surface area contributed by atoms with Gasteiger partial charge >= 0.3 is 5.97 Å². The molecule has 1 amide bonds. The van der Waals surface area contributed by atoms with Crippen molar-refractivity contribution in [1.29, 1.82) is 0 Å². The first-order valence-corrected chi connectivity index (χ1v) is 9.09. The lowest BCUT2D eigenvalue weighted by Crippen LogP contribution is -2.25. The number of para-hydroxylation sites is 2. The summed E-state index contributed by atoms with van der Waals surface area (Å²) in [6, 6.07) is 14.9. The summed E-state index contributed by atoms with van der Waals surface area (Å²) >= 11 is 0. The van der Waals surface area contributed by atoms with E-state index in [1.165, 1.54) is 0 Å². The van der Waals surface area contributed by atoms with Gasteiger partial charge in [-0.15, -0.1) is 0 Å². The van der Waals surface area contributed by atoms with E-state index in [4.69, 9.17) is 9.47 Å². The van der Waals surface area contributed by atoms with Crippen LogP contribution in [-0.4, -0.2) is 35.8 Å². The van der Waals surface area contributed by atoms with Crippen LogP contribution in [0.4, 0.5) is 5.69 Å². The first-order valence-electron chi connectivity index (χ1n) is 9.09. The molecule has 0 aliphatic carbocycles. The van der Waals surface area contributed by atoms with E-state index < -0.39 is 11.9 Å². The SMILES string of the molecule is COc1cccc([C@H]2CC(=O)Nc3c(C(=O)O)cn(-c4ccccc4)c32)c1OC. The molecule has 1 atom stereocenters. The van der Waals surface area contributed by atoms with Crippen molar-refractivity contribution >= 4 is 17.6 Å². The third-order valence-corrected chi connectivity index (χ3v) is 5.10. The number of fused-ring (bicyclic) bond motifs is 1. The summed E-state index contributed by atoms with van der Waals surface area (Å²) < 4.78 is 12.8. The molecule has 0 fully saturated rings. The van der Waals surface area contributed by atoms with Crippen LogP contribution in [0.15, 0.2) is 54.7 Å². The molecule has 2 N–H and O–H groups in total. The lowest BCUT2D eigenvalue weighted by atomic mass is 9.87. The van der Waals surface area contributed by atoms with Crippen LogP contribution in [0.1, 0.15) is 34.0 Å². The summed E-state index contributed by atoms with van der Waals surface area (Å²) in [5.74, 6) is -0.681. The molecule has 7 nitrogen and oxygen atoms in total. The number of nitrogens with one attached hydrogen (secondary N) is 1. The molecule has 1 aliphatic rings. The Morgan fingerprint density at radius 1 is 1.10 bits per heavy atom. The maximum atomic E-state index is 12.5. The highest BCUT2D eigenvalue weighted by molar-refractivity contribution is 6.04. The predicted molar refractivity (Wildman–Crippen MR) is 107 cm³/mol. The third-order valence-electron chi connectivity index (χ3n) is 5.10. The number of carboxylic acids is 1. The molecule has 7 heteroatoms. The minimum atomic E-state index is -1.10. The standard InChI is InChI=1S/C22H20N2O5/c1-28-17-10-6-9-14(21(17)29-2)15-11-18(25)23-19-16(22(26)27)12-24(20(15)19)13-7-4-3-5-8-13/h3-10,12,15H,11H2,1-2H3,(H,23,25)(H,26,27)/t15-/m1/s1. The number of anilines is 1. The van der Waals surface area contributed by atoms with Gasteiger partial charge in [0.15, 0.2) is 11.5 Å². The summed E-state index contributed by atoms with van der Waals surface area (Å²) in [6.45, 7) is 0. The Morgan fingerprint density at radius 3 is 2.52 bits per heavy atom. The van der Waals surface area contributed by atoms with Crippen LogP contribution in [0.2, 0.25) is 0 Å². The number of aromatic carboxylic acids is 1. The van der Waals surface area contributed by atoms with Gasteiger partial charge in [-0.25, -0.2) is 4.79 Å². The topological polar surface area (TPSA) is 89.8 Å². The predicted octanol–water partition coefficient (Wildman–Crippen LogP) is 3.67. The van der Waals surface area contributed by atoms with E-state index in [-0.39, 0.29) is 17.9 Å². The van der Waals surface area contributed by atoms with Crippen molar-refractivity contribution in [2.75, 3.05) is 19.5 Å². The summed E-state index contributed by atoms with van der Waals surface area (Å²) in [5, 5.41) is 12.5. The van der Waals surface area contributed by atoms with Crippen molar-refractivity contribution < 1.29 is 24.2 Å². The van der Waals surface area contributed by atoms with Crippen molar-refractivity contribution in [3.63, 3.8) is 0 Å². The monoisotopic (exact) mass is 392 g/mol. The van der Waals surface area contributed by atoms with Gasteiger partial charge in [-0.1, -0.05) is 30.3 Å². The van der Waals surface area contributed by atoms with Gasteiger partial charge in [0.25, 0.3) is 0 Å². The number of methoxy groups -OCH3 is 2. The van der Waals surface area contributed by atoms with Crippen molar-refractivity contribution in [3.05, 3.63) is 71.5 Å². The van der Waals surface area contributed by atoms with Gasteiger partial charge in [-0.2, -0.15) is 0 Å². The average Bonchev–Trinajstić information content (AvgIpc) is 3.12. The number of benzene rings is 2. The molecule has 29 heavy (non-hydrogen) atoms. The highest BCUT2D eigenvalue weighted by Gasteiger charge is 2.36. The van der Waals surface area contributed by atoms with Gasteiger partial charge in [0.1, 0.15) is 5.56 Å². The second-order valence-corrected chi connectivity index (χ2v) is 6.70. The number of carbonyl (C=O) groups excluding carboxylic acids is 1. The molecule has 2 heterocycles. The van der Waals surface area contributed by atoms with E-state index in [1.807, 2.05) is 47.0 Å². The highest BCUT2D eigenvalue weighted by Crippen LogP contribution is 2.46. The summed E-state index contributed by atoms with van der Waals surface area (Å²) in [5.41, 5.74) is 2.62. The number of carbonyl (C=O) groups is 2. The van der Waals surface area contributed by atoms with Crippen molar-refractivity contribution in [2.45, 2.75) is 12.3 Å². The Balaban J connectivity index is 2.00. The second-order valence-electron chi connectivity index (χ2n) is 6.70. The molecular formula is C22H20N2O5. The Labute approximate surface area is 167 Å². The zero-order chi connectivity index (χ0) is 20.5. The Hall–Kier alpha value is -3.74. The van der Waals surface area contributed by atoms with Gasteiger partial charge in [-0.3, -0.25) is 4.79 Å². The minimum absolute atomic E-state index is 0.0452. The molecule has 4 rings (SSSR count). The normalized spacial score (nSPS) is 15.4. The molecule has 0 bridgehead atoms. The Kier molecular flexibility index (Phi) is 4.72. The van der Waals surface area contributed by atoms with Gasteiger partial charge in [0.2, 0.25) is 5.91 Å². The fourth-order valence-electron chi connectivity index (χ4n) is 3.88. The third kappa shape index (κ3) is 3.10. The summed E-state index contributed by atoms with van der Waals surface area (Å²) in [4.78, 5) is 24.4. The maximum absolute atomic E-state index is 12.5. The number of hydrogen-bond donors (Lipinski definition) is 2. The molecule has 0 saturated carbocycles. The molecule has 1 aromatic heterocycles. The van der Waals surface area contributed by atoms with Crippen molar-refractivity contribution in [2.24, 2.45) is 0 Å². The smallest absolute Gasteiger partial charge is 0.339 e. The number of nitrogens with zero attached hydrogens (tertiary/aromatic N) is 1. The number of hydrogen-bond acceptors (Lipinski definition) is 4. The number of carboxylic acid groups (broad SMARTS) is 1. The Morgan fingerprint density at radius 2 is 1.86 bits per heavy atom. The van der Waals surface area contributed by atoms with E-state index >= 15 is 0 Å². The van der Waals surface area contributed by atoms with Gasteiger partial charge < -0.3 is 24.5 Å². The molecule has 0 spiro atoms. The lowest BCUT2D eigenvalue weighted by molar-refractivity contribution is -0.116. The van der Waals surface area contributed by atoms with Crippen LogP contribution in [0.3, 0.4) is 0 Å². The van der Waals surface area contributed by atoms with Gasteiger partial charge in [0.05, 0.1) is 25.6 Å². The number of amides is 1. The number of ether oxygens (including phenoxy) is 2. The number of rotatable bonds is 5. The van der Waals surface area contributed by atoms with Crippen LogP contribution in [0, 0.1) is 0 Å². The summed E-state index contributed by atoms with van der Waals surface area (Å²) in [6.07, 6.45) is 1.71. The van der Waals surface area contributed by atoms with E-state index in [0.29, 0.717) is 22.9 Å².